The van der Waals surface area contributed by atoms with Gasteiger partial charge in [0.1, 0.15) is 11.8 Å². The molecule has 0 fully saturated rings. The van der Waals surface area contributed by atoms with Crippen molar-refractivity contribution in [2.75, 3.05) is 5.32 Å². The number of ketones is 1. The molecule has 1 atom stereocenters. The van der Waals surface area contributed by atoms with E-state index in [2.05, 4.69) is 10.3 Å². The molecule has 8 heteroatoms. The van der Waals surface area contributed by atoms with Crippen molar-refractivity contribution in [3.8, 4) is 5.75 Å². The third-order valence-corrected chi connectivity index (χ3v) is 6.60. The molecule has 0 bridgehead atoms. The lowest BCUT2D eigenvalue weighted by Gasteiger charge is -2.32. The molecule has 30 heavy (non-hydrogen) atoms. The van der Waals surface area contributed by atoms with Gasteiger partial charge in [-0.2, -0.15) is 4.98 Å². The number of anilines is 1. The molecule has 6 nitrogen and oxygen atoms in total. The van der Waals surface area contributed by atoms with E-state index in [0.717, 1.165) is 29.7 Å². The highest BCUT2D eigenvalue weighted by Crippen LogP contribution is 2.41. The molecular formula is C22H19ClN4O2S. The normalized spacial score (nSPS) is 18.0. The molecular weight excluding hydrogens is 420 g/mol. The molecule has 1 aromatic heterocycles. The minimum absolute atomic E-state index is 0.114. The molecule has 2 N–H and O–H groups in total. The van der Waals surface area contributed by atoms with Gasteiger partial charge in [-0.05, 0) is 42.2 Å². The zero-order valence-electron chi connectivity index (χ0n) is 16.0. The number of carbonyl (C=O) groups excluding carboxylic acids is 1. The molecule has 0 spiro atoms. The van der Waals surface area contributed by atoms with Crippen LogP contribution in [0.1, 0.15) is 36.4 Å². The molecule has 2 aromatic carbocycles. The van der Waals surface area contributed by atoms with Gasteiger partial charge in [-0.3, -0.25) is 4.79 Å². The molecule has 1 aliphatic heterocycles. The Labute approximate surface area is 183 Å². The highest BCUT2D eigenvalue weighted by Gasteiger charge is 2.36. The van der Waals surface area contributed by atoms with Crippen LogP contribution in [0.25, 0.3) is 0 Å². The standard InChI is InChI=1S/C22H19ClN4O2S/c23-16-8-2-1-5-14(16)12-30-22-25-21-24-17-9-4-10-18(29)19(17)20(27(21)26-22)13-6-3-7-15(28)11-13/h1-3,5-8,11,20,28H,4,9-10,12H2,(H,24,25,26)/t20-/m0/s1. The van der Waals surface area contributed by atoms with Crippen LogP contribution in [-0.2, 0) is 10.5 Å². The summed E-state index contributed by atoms with van der Waals surface area (Å²) in [7, 11) is 0. The first-order chi connectivity index (χ1) is 14.6. The summed E-state index contributed by atoms with van der Waals surface area (Å²) in [6.45, 7) is 0. The van der Waals surface area contributed by atoms with Crippen molar-refractivity contribution in [3.63, 3.8) is 0 Å². The van der Waals surface area contributed by atoms with Crippen molar-refractivity contribution in [1.29, 1.82) is 0 Å². The van der Waals surface area contributed by atoms with Gasteiger partial charge in [0, 0.05) is 28.5 Å². The van der Waals surface area contributed by atoms with E-state index in [0.29, 0.717) is 33.9 Å². The van der Waals surface area contributed by atoms with Crippen LogP contribution in [0, 0.1) is 0 Å². The van der Waals surface area contributed by atoms with Crippen LogP contribution in [0.3, 0.4) is 0 Å². The maximum Gasteiger partial charge on any atom is 0.227 e. The highest BCUT2D eigenvalue weighted by molar-refractivity contribution is 7.98. The van der Waals surface area contributed by atoms with E-state index in [1.54, 1.807) is 22.9 Å². The predicted octanol–water partition coefficient (Wildman–Crippen LogP) is 4.95. The van der Waals surface area contributed by atoms with E-state index in [4.69, 9.17) is 16.7 Å². The second-order valence-electron chi connectivity index (χ2n) is 7.33. The average Bonchev–Trinajstić information content (AvgIpc) is 3.14. The number of Topliss-reactive ketones (excluding diaryl/α,β-unsaturated/α-hetero) is 1. The number of phenolic OH excluding ortho intramolecular Hbond substituents is 1. The molecule has 1 aliphatic carbocycles. The smallest absolute Gasteiger partial charge is 0.227 e. The third kappa shape index (κ3) is 3.48. The van der Waals surface area contributed by atoms with Crippen molar-refractivity contribution in [2.24, 2.45) is 0 Å². The number of benzene rings is 2. The van der Waals surface area contributed by atoms with Gasteiger partial charge in [0.15, 0.2) is 5.78 Å². The Kier molecular flexibility index (Phi) is 5.00. The van der Waals surface area contributed by atoms with E-state index >= 15 is 0 Å². The van der Waals surface area contributed by atoms with Crippen molar-refractivity contribution >= 4 is 35.1 Å². The maximum atomic E-state index is 12.8. The Morgan fingerprint density at radius 2 is 2.07 bits per heavy atom. The number of carbonyl (C=O) groups is 1. The van der Waals surface area contributed by atoms with Crippen LogP contribution >= 0.6 is 23.4 Å². The lowest BCUT2D eigenvalue weighted by atomic mass is 9.85. The second kappa shape index (κ2) is 7.81. The fourth-order valence-corrected chi connectivity index (χ4v) is 5.07. The first-order valence-corrected chi connectivity index (χ1v) is 11.1. The molecule has 0 amide bonds. The molecule has 2 heterocycles. The molecule has 0 saturated carbocycles. The number of thioether (sulfide) groups is 1. The SMILES string of the molecule is O=C1CCCC2=C1[C@H](c1cccc(O)c1)n1nc(SCc3ccccc3Cl)nc1N2. The van der Waals surface area contributed by atoms with Crippen LogP contribution in [-0.4, -0.2) is 25.7 Å². The van der Waals surface area contributed by atoms with Crippen molar-refractivity contribution in [3.05, 3.63) is 76.0 Å². The van der Waals surface area contributed by atoms with Crippen molar-refractivity contribution in [1.82, 2.24) is 14.8 Å². The Hall–Kier alpha value is -2.77. The lowest BCUT2D eigenvalue weighted by molar-refractivity contribution is -0.116. The largest absolute Gasteiger partial charge is 0.508 e. The summed E-state index contributed by atoms with van der Waals surface area (Å²) in [4.78, 5) is 17.5. The van der Waals surface area contributed by atoms with E-state index in [9.17, 15) is 9.90 Å². The van der Waals surface area contributed by atoms with Crippen LogP contribution in [0.4, 0.5) is 5.95 Å². The van der Waals surface area contributed by atoms with E-state index in [-0.39, 0.29) is 11.5 Å². The van der Waals surface area contributed by atoms with Crippen molar-refractivity contribution < 1.29 is 9.90 Å². The van der Waals surface area contributed by atoms with E-state index in [1.807, 2.05) is 30.3 Å². The maximum absolute atomic E-state index is 12.8. The zero-order valence-corrected chi connectivity index (χ0v) is 17.6. The van der Waals surface area contributed by atoms with Crippen LogP contribution in [0.5, 0.6) is 5.75 Å². The lowest BCUT2D eigenvalue weighted by Crippen LogP contribution is -2.31. The molecule has 5 rings (SSSR count). The number of nitrogens with zero attached hydrogens (tertiary/aromatic N) is 3. The van der Waals surface area contributed by atoms with Gasteiger partial charge < -0.3 is 10.4 Å². The third-order valence-electron chi connectivity index (χ3n) is 5.35. The van der Waals surface area contributed by atoms with Crippen LogP contribution in [0.2, 0.25) is 5.02 Å². The summed E-state index contributed by atoms with van der Waals surface area (Å²) < 4.78 is 1.76. The molecule has 2 aliphatic rings. The molecule has 152 valence electrons. The number of allylic oxidation sites excluding steroid dienone is 2. The molecule has 3 aromatic rings. The van der Waals surface area contributed by atoms with Gasteiger partial charge >= 0.3 is 0 Å². The summed E-state index contributed by atoms with van der Waals surface area (Å²) in [5.41, 5.74) is 3.45. The van der Waals surface area contributed by atoms with E-state index in [1.165, 1.54) is 11.8 Å². The molecule has 0 radical (unpaired) electrons. The number of hydrogen-bond donors (Lipinski definition) is 2. The summed E-state index contributed by atoms with van der Waals surface area (Å²) >= 11 is 7.76. The minimum Gasteiger partial charge on any atom is -0.508 e. The zero-order chi connectivity index (χ0) is 20.7. The highest BCUT2D eigenvalue weighted by atomic mass is 35.5. The Morgan fingerprint density at radius 1 is 1.20 bits per heavy atom. The van der Waals surface area contributed by atoms with Crippen molar-refractivity contribution in [2.45, 2.75) is 36.2 Å². The number of fused-ring (bicyclic) bond motifs is 1. The second-order valence-corrected chi connectivity index (χ2v) is 8.68. The number of hydrogen-bond acceptors (Lipinski definition) is 6. The fourth-order valence-electron chi connectivity index (χ4n) is 3.96. The first-order valence-electron chi connectivity index (χ1n) is 9.75. The van der Waals surface area contributed by atoms with Gasteiger partial charge in [-0.1, -0.05) is 53.7 Å². The van der Waals surface area contributed by atoms with Gasteiger partial charge in [0.05, 0.1) is 0 Å². The summed E-state index contributed by atoms with van der Waals surface area (Å²) in [5, 5.41) is 19.4. The predicted molar refractivity (Wildman–Crippen MR) is 117 cm³/mol. The fraction of sp³-hybridized carbons (Fsp3) is 0.227. The van der Waals surface area contributed by atoms with Crippen LogP contribution in [0.15, 0.2) is 65.0 Å². The molecule has 0 unspecified atom stereocenters. The number of nitrogens with one attached hydrogen (secondary N) is 1. The average molecular weight is 439 g/mol. The Bertz CT molecular complexity index is 1170. The topological polar surface area (TPSA) is 80.0 Å². The molecule has 0 saturated heterocycles. The Morgan fingerprint density at radius 3 is 2.90 bits per heavy atom. The van der Waals surface area contributed by atoms with Gasteiger partial charge in [-0.25, -0.2) is 4.68 Å². The van der Waals surface area contributed by atoms with Gasteiger partial charge in [0.2, 0.25) is 11.1 Å². The van der Waals surface area contributed by atoms with Crippen LogP contribution < -0.4 is 5.32 Å². The number of halogens is 1. The minimum atomic E-state index is -0.404. The number of phenols is 1. The number of rotatable bonds is 4. The number of aromatic nitrogens is 3. The number of aromatic hydroxyl groups is 1. The Balaban J connectivity index is 1.52. The van der Waals surface area contributed by atoms with Gasteiger partial charge in [0.25, 0.3) is 0 Å². The first kappa shape index (κ1) is 19.2. The summed E-state index contributed by atoms with van der Waals surface area (Å²) in [5.74, 6) is 1.53. The van der Waals surface area contributed by atoms with Gasteiger partial charge in [-0.15, -0.1) is 5.10 Å². The monoisotopic (exact) mass is 438 g/mol. The summed E-state index contributed by atoms with van der Waals surface area (Å²) in [6.07, 6.45) is 2.14. The van der Waals surface area contributed by atoms with E-state index < -0.39 is 6.04 Å². The summed E-state index contributed by atoms with van der Waals surface area (Å²) in [6, 6.07) is 14.3. The quantitative estimate of drug-likeness (QED) is 0.561.